The second kappa shape index (κ2) is 9.43. The van der Waals surface area contributed by atoms with Crippen LogP contribution in [0.15, 0.2) is 78.1 Å². The molecule has 0 aliphatic carbocycles. The number of nitrogens with zero attached hydrogens (tertiary/aromatic N) is 3. The van der Waals surface area contributed by atoms with Gasteiger partial charge in [-0.2, -0.15) is 0 Å². The third-order valence-corrected chi connectivity index (χ3v) is 7.15. The van der Waals surface area contributed by atoms with Crippen molar-refractivity contribution in [1.29, 1.82) is 0 Å². The van der Waals surface area contributed by atoms with E-state index in [2.05, 4.69) is 45.6 Å². The summed E-state index contributed by atoms with van der Waals surface area (Å²) in [6, 6.07) is 22.4. The quantitative estimate of drug-likeness (QED) is 0.273. The lowest BCUT2D eigenvalue weighted by Gasteiger charge is -2.16. The number of hydrogen-bond donors (Lipinski definition) is 2. The highest BCUT2D eigenvalue weighted by atomic mass is 32.2. The van der Waals surface area contributed by atoms with E-state index in [1.807, 2.05) is 80.1 Å². The van der Waals surface area contributed by atoms with Gasteiger partial charge in [0.2, 0.25) is 5.91 Å². The number of aromatic nitrogens is 4. The number of hydrogen-bond acceptors (Lipinski definition) is 4. The van der Waals surface area contributed by atoms with Crippen molar-refractivity contribution in [1.82, 2.24) is 19.7 Å². The maximum Gasteiger partial charge on any atom is 0.237 e. The summed E-state index contributed by atoms with van der Waals surface area (Å²) >= 11 is 1.40. The minimum absolute atomic E-state index is 0.0696. The summed E-state index contributed by atoms with van der Waals surface area (Å²) in [5, 5.41) is 13.6. The van der Waals surface area contributed by atoms with Gasteiger partial charge < -0.3 is 10.3 Å². The Hall–Kier alpha value is -3.84. The van der Waals surface area contributed by atoms with Crippen LogP contribution in [0.5, 0.6) is 0 Å². The Kier molecular flexibility index (Phi) is 6.17. The first-order valence-electron chi connectivity index (χ1n) is 11.5. The molecular formula is C28H27N5OS. The van der Waals surface area contributed by atoms with E-state index in [1.165, 1.54) is 11.8 Å². The number of fused-ring (bicyclic) bond motifs is 1. The molecule has 0 spiro atoms. The maximum absolute atomic E-state index is 13.1. The molecule has 35 heavy (non-hydrogen) atoms. The summed E-state index contributed by atoms with van der Waals surface area (Å²) in [6.45, 7) is 7.96. The number of carbonyl (C=O) groups is 1. The van der Waals surface area contributed by atoms with Gasteiger partial charge in [0, 0.05) is 34.0 Å². The maximum atomic E-state index is 13.1. The number of aromatic amines is 1. The van der Waals surface area contributed by atoms with Gasteiger partial charge in [0.1, 0.15) is 0 Å². The fourth-order valence-electron chi connectivity index (χ4n) is 4.23. The molecule has 1 atom stereocenters. The molecule has 6 nitrogen and oxygen atoms in total. The van der Waals surface area contributed by atoms with Crippen molar-refractivity contribution in [3.63, 3.8) is 0 Å². The number of rotatable bonds is 6. The molecular weight excluding hydrogens is 454 g/mol. The molecule has 3 aromatic carbocycles. The number of amides is 1. The van der Waals surface area contributed by atoms with Gasteiger partial charge in [-0.25, -0.2) is 0 Å². The monoisotopic (exact) mass is 481 g/mol. The normalized spacial score (nSPS) is 12.1. The lowest BCUT2D eigenvalue weighted by molar-refractivity contribution is -0.115. The van der Waals surface area contributed by atoms with Gasteiger partial charge in [0.05, 0.1) is 5.25 Å². The summed E-state index contributed by atoms with van der Waals surface area (Å²) in [7, 11) is 0. The molecule has 7 heteroatoms. The number of anilines is 1. The minimum atomic E-state index is -0.377. The fourth-order valence-corrected chi connectivity index (χ4v) is 5.09. The van der Waals surface area contributed by atoms with Crippen LogP contribution in [0.1, 0.15) is 23.6 Å². The summed E-state index contributed by atoms with van der Waals surface area (Å²) < 4.78 is 2.04. The number of nitrogens with one attached hydrogen (secondary N) is 2. The first-order valence-corrected chi connectivity index (χ1v) is 12.4. The van der Waals surface area contributed by atoms with Crippen LogP contribution < -0.4 is 5.32 Å². The van der Waals surface area contributed by atoms with Crippen molar-refractivity contribution in [3.8, 4) is 17.1 Å². The van der Waals surface area contributed by atoms with E-state index >= 15 is 0 Å². The van der Waals surface area contributed by atoms with Crippen LogP contribution >= 0.6 is 11.8 Å². The van der Waals surface area contributed by atoms with Crippen LogP contribution in [0.3, 0.4) is 0 Å². The molecule has 5 rings (SSSR count). The SMILES string of the molecule is Cc1cccc(-n2c(SC(C)C(=O)Nc3c(C)cccc3C)nnc2-c2c[nH]c3ccccc23)c1. The van der Waals surface area contributed by atoms with E-state index in [-0.39, 0.29) is 11.2 Å². The zero-order valence-electron chi connectivity index (χ0n) is 20.2. The van der Waals surface area contributed by atoms with E-state index < -0.39 is 0 Å². The predicted molar refractivity (Wildman–Crippen MR) is 143 cm³/mol. The summed E-state index contributed by atoms with van der Waals surface area (Å²) in [5.41, 5.74) is 7.05. The molecule has 0 fully saturated rings. The Labute approximate surface area is 208 Å². The number of H-pyrrole nitrogens is 1. The third kappa shape index (κ3) is 4.47. The number of benzene rings is 3. The van der Waals surface area contributed by atoms with E-state index in [9.17, 15) is 4.79 Å². The highest BCUT2D eigenvalue weighted by Crippen LogP contribution is 2.34. The molecule has 0 saturated heterocycles. The molecule has 0 aliphatic heterocycles. The molecule has 0 aliphatic rings. The first kappa shape index (κ1) is 22.9. The molecule has 2 heterocycles. The number of carbonyl (C=O) groups excluding carboxylic acids is 1. The van der Waals surface area contributed by atoms with Gasteiger partial charge in [-0.05, 0) is 62.6 Å². The van der Waals surface area contributed by atoms with Gasteiger partial charge in [0.15, 0.2) is 11.0 Å². The molecule has 1 amide bonds. The zero-order valence-corrected chi connectivity index (χ0v) is 21.0. The molecule has 0 bridgehead atoms. The van der Waals surface area contributed by atoms with Gasteiger partial charge in [0.25, 0.3) is 0 Å². The van der Waals surface area contributed by atoms with E-state index in [4.69, 9.17) is 0 Å². The second-order valence-electron chi connectivity index (χ2n) is 8.74. The van der Waals surface area contributed by atoms with E-state index in [1.54, 1.807) is 0 Å². The highest BCUT2D eigenvalue weighted by Gasteiger charge is 2.24. The number of aryl methyl sites for hydroxylation is 3. The summed E-state index contributed by atoms with van der Waals surface area (Å²) in [6.07, 6.45) is 1.96. The van der Waals surface area contributed by atoms with Crippen LogP contribution in [0, 0.1) is 20.8 Å². The number of thioether (sulfide) groups is 1. The molecule has 5 aromatic rings. The predicted octanol–water partition coefficient (Wildman–Crippen LogP) is 6.46. The lowest BCUT2D eigenvalue weighted by Crippen LogP contribution is -2.23. The molecule has 2 aromatic heterocycles. The average molecular weight is 482 g/mol. The summed E-state index contributed by atoms with van der Waals surface area (Å²) in [5.74, 6) is 0.665. The molecule has 176 valence electrons. The molecule has 0 radical (unpaired) electrons. The Bertz CT molecular complexity index is 1510. The first-order chi connectivity index (χ1) is 16.9. The zero-order chi connectivity index (χ0) is 24.5. The molecule has 2 N–H and O–H groups in total. The lowest BCUT2D eigenvalue weighted by atomic mass is 10.1. The molecule has 0 saturated carbocycles. The Morgan fingerprint density at radius 3 is 2.49 bits per heavy atom. The topological polar surface area (TPSA) is 75.6 Å². The third-order valence-electron chi connectivity index (χ3n) is 6.10. The van der Waals surface area contributed by atoms with Crippen molar-refractivity contribution in [3.05, 3.63) is 89.6 Å². The van der Waals surface area contributed by atoms with Crippen LogP contribution in [-0.4, -0.2) is 30.9 Å². The van der Waals surface area contributed by atoms with Crippen LogP contribution in [0.2, 0.25) is 0 Å². The summed E-state index contributed by atoms with van der Waals surface area (Å²) in [4.78, 5) is 16.5. The second-order valence-corrected chi connectivity index (χ2v) is 10.1. The Balaban J connectivity index is 1.52. The van der Waals surface area contributed by atoms with Gasteiger partial charge in [-0.3, -0.25) is 9.36 Å². The van der Waals surface area contributed by atoms with Crippen LogP contribution in [0.4, 0.5) is 5.69 Å². The van der Waals surface area contributed by atoms with Gasteiger partial charge in [-0.15, -0.1) is 10.2 Å². The smallest absolute Gasteiger partial charge is 0.237 e. The standard InChI is InChI=1S/C28H27N5OS/c1-17-9-7-12-21(15-17)33-26(23-16-29-24-14-6-5-13-22(23)24)31-32-28(33)35-20(4)27(34)30-25-18(2)10-8-11-19(25)3/h5-16,20,29H,1-4H3,(H,30,34). The van der Waals surface area contributed by atoms with Crippen molar-refractivity contribution in [2.75, 3.05) is 5.32 Å². The highest BCUT2D eigenvalue weighted by molar-refractivity contribution is 8.00. The van der Waals surface area contributed by atoms with E-state index in [0.717, 1.165) is 50.4 Å². The van der Waals surface area contributed by atoms with Crippen molar-refractivity contribution < 1.29 is 4.79 Å². The fraction of sp³-hybridized carbons (Fsp3) is 0.179. The van der Waals surface area contributed by atoms with Crippen LogP contribution in [-0.2, 0) is 4.79 Å². The Morgan fingerprint density at radius 1 is 0.971 bits per heavy atom. The van der Waals surface area contributed by atoms with E-state index in [0.29, 0.717) is 5.16 Å². The van der Waals surface area contributed by atoms with Gasteiger partial charge >= 0.3 is 0 Å². The van der Waals surface area contributed by atoms with Crippen molar-refractivity contribution >= 4 is 34.3 Å². The largest absolute Gasteiger partial charge is 0.360 e. The molecule has 1 unspecified atom stereocenters. The van der Waals surface area contributed by atoms with Crippen molar-refractivity contribution in [2.24, 2.45) is 0 Å². The van der Waals surface area contributed by atoms with Gasteiger partial charge in [-0.1, -0.05) is 60.3 Å². The van der Waals surface area contributed by atoms with Crippen molar-refractivity contribution in [2.45, 2.75) is 38.1 Å². The minimum Gasteiger partial charge on any atom is -0.360 e. The number of para-hydroxylation sites is 2. The Morgan fingerprint density at radius 2 is 1.71 bits per heavy atom. The van der Waals surface area contributed by atoms with Crippen LogP contribution in [0.25, 0.3) is 28.0 Å². The average Bonchev–Trinajstić information content (AvgIpc) is 3.45.